The molecule has 0 aliphatic rings. The Morgan fingerprint density at radius 3 is 2.02 bits per heavy atom. The molecule has 0 fully saturated rings. The van der Waals surface area contributed by atoms with Crippen molar-refractivity contribution in [3.8, 4) is 17.2 Å². The maximum absolute atomic E-state index is 14.1. The van der Waals surface area contributed by atoms with Crippen molar-refractivity contribution in [3.05, 3.63) is 78.4 Å². The zero-order valence-corrected chi connectivity index (χ0v) is 25.5. The lowest BCUT2D eigenvalue weighted by Crippen LogP contribution is -2.51. The molecule has 0 saturated heterocycles. The molecule has 3 aromatic rings. The van der Waals surface area contributed by atoms with Gasteiger partial charge in [-0.15, -0.1) is 0 Å². The third-order valence-corrected chi connectivity index (χ3v) is 8.56. The molecule has 0 aliphatic carbocycles. The lowest BCUT2D eigenvalue weighted by molar-refractivity contribution is -0.139. The lowest BCUT2D eigenvalue weighted by Gasteiger charge is -2.32. The van der Waals surface area contributed by atoms with Gasteiger partial charge >= 0.3 is 0 Å². The highest BCUT2D eigenvalue weighted by Gasteiger charge is 2.33. The van der Waals surface area contributed by atoms with E-state index in [1.807, 2.05) is 6.92 Å². The minimum Gasteiger partial charge on any atom is -0.497 e. The Morgan fingerprint density at radius 1 is 0.857 bits per heavy atom. The number of hydrogen-bond acceptors (Lipinski definition) is 7. The summed E-state index contributed by atoms with van der Waals surface area (Å²) in [5, 5.41) is 2.88. The van der Waals surface area contributed by atoms with Gasteiger partial charge in [-0.05, 0) is 67.4 Å². The number of nitrogens with one attached hydrogen (secondary N) is 1. The third-order valence-electron chi connectivity index (χ3n) is 6.79. The molecule has 0 heterocycles. The number of unbranched alkanes of at least 4 members (excludes halogenated alkanes) is 1. The van der Waals surface area contributed by atoms with Gasteiger partial charge in [0.2, 0.25) is 11.8 Å². The van der Waals surface area contributed by atoms with E-state index in [0.29, 0.717) is 18.0 Å². The van der Waals surface area contributed by atoms with Crippen LogP contribution in [0.15, 0.2) is 77.7 Å². The molecule has 10 nitrogen and oxygen atoms in total. The number of methoxy groups -OCH3 is 3. The van der Waals surface area contributed by atoms with Gasteiger partial charge in [0.15, 0.2) is 0 Å². The molecular weight excluding hydrogens is 558 g/mol. The fourth-order valence-corrected chi connectivity index (χ4v) is 5.70. The van der Waals surface area contributed by atoms with Crippen LogP contribution in [0.25, 0.3) is 0 Å². The van der Waals surface area contributed by atoms with Gasteiger partial charge in [0, 0.05) is 13.1 Å². The number of hydrogen-bond donors (Lipinski definition) is 1. The minimum atomic E-state index is -4.25. The molecule has 1 unspecified atom stereocenters. The number of benzene rings is 3. The number of amides is 2. The van der Waals surface area contributed by atoms with Gasteiger partial charge in [-0.1, -0.05) is 37.6 Å². The Bertz CT molecular complexity index is 1430. The van der Waals surface area contributed by atoms with Crippen LogP contribution in [-0.2, 0) is 26.2 Å². The molecule has 0 spiro atoms. The summed E-state index contributed by atoms with van der Waals surface area (Å²) in [6, 6.07) is 18.7. The Morgan fingerprint density at radius 2 is 1.45 bits per heavy atom. The Labute approximate surface area is 248 Å². The Balaban J connectivity index is 2.03. The molecule has 0 saturated carbocycles. The van der Waals surface area contributed by atoms with Gasteiger partial charge < -0.3 is 24.4 Å². The molecule has 42 heavy (non-hydrogen) atoms. The highest BCUT2D eigenvalue weighted by atomic mass is 32.2. The molecule has 0 bridgehead atoms. The summed E-state index contributed by atoms with van der Waals surface area (Å²) in [5.74, 6) is 0.519. The second-order valence-electron chi connectivity index (χ2n) is 9.55. The van der Waals surface area contributed by atoms with Crippen LogP contribution in [0.3, 0.4) is 0 Å². The van der Waals surface area contributed by atoms with Crippen LogP contribution in [0, 0.1) is 0 Å². The van der Waals surface area contributed by atoms with Crippen molar-refractivity contribution < 1.29 is 32.2 Å². The molecule has 11 heteroatoms. The zero-order valence-electron chi connectivity index (χ0n) is 24.7. The Kier molecular flexibility index (Phi) is 11.6. The number of carbonyl (C=O) groups excluding carboxylic acids is 2. The topological polar surface area (TPSA) is 114 Å². The van der Waals surface area contributed by atoms with E-state index in [0.717, 1.165) is 22.7 Å². The molecule has 0 aliphatic heterocycles. The van der Waals surface area contributed by atoms with Gasteiger partial charge in [-0.25, -0.2) is 8.42 Å². The number of anilines is 1. The van der Waals surface area contributed by atoms with E-state index in [-0.39, 0.29) is 28.8 Å². The van der Waals surface area contributed by atoms with Crippen molar-refractivity contribution in [1.82, 2.24) is 10.2 Å². The van der Waals surface area contributed by atoms with E-state index < -0.39 is 28.5 Å². The fourth-order valence-electron chi connectivity index (χ4n) is 4.27. The first kappa shape index (κ1) is 32.3. The lowest BCUT2D eigenvalue weighted by atomic mass is 10.1. The summed E-state index contributed by atoms with van der Waals surface area (Å²) in [7, 11) is 0.221. The van der Waals surface area contributed by atoms with Crippen molar-refractivity contribution in [2.24, 2.45) is 0 Å². The molecule has 1 N–H and O–H groups in total. The summed E-state index contributed by atoms with van der Waals surface area (Å²) in [6.07, 6.45) is 1.70. The van der Waals surface area contributed by atoms with Gasteiger partial charge in [0.25, 0.3) is 10.0 Å². The number of sulfonamides is 1. The number of ether oxygens (including phenoxy) is 3. The van der Waals surface area contributed by atoms with Crippen molar-refractivity contribution >= 4 is 27.5 Å². The summed E-state index contributed by atoms with van der Waals surface area (Å²) in [4.78, 5) is 28.5. The van der Waals surface area contributed by atoms with Crippen molar-refractivity contribution in [2.45, 2.75) is 44.2 Å². The van der Waals surface area contributed by atoms with Crippen LogP contribution in [0.5, 0.6) is 17.2 Å². The first-order valence-corrected chi connectivity index (χ1v) is 15.1. The maximum atomic E-state index is 14.1. The van der Waals surface area contributed by atoms with Crippen molar-refractivity contribution in [2.75, 3.05) is 38.7 Å². The average molecular weight is 598 g/mol. The van der Waals surface area contributed by atoms with E-state index in [9.17, 15) is 18.0 Å². The molecule has 2 amide bonds. The van der Waals surface area contributed by atoms with Crippen LogP contribution >= 0.6 is 0 Å². The van der Waals surface area contributed by atoms with Crippen molar-refractivity contribution in [1.29, 1.82) is 0 Å². The normalized spacial score (nSPS) is 11.7. The third kappa shape index (κ3) is 7.94. The molecular formula is C31H39N3O7S. The Hall–Kier alpha value is -4.25. The van der Waals surface area contributed by atoms with Crippen molar-refractivity contribution in [3.63, 3.8) is 0 Å². The highest BCUT2D eigenvalue weighted by molar-refractivity contribution is 7.92. The molecule has 0 radical (unpaired) electrons. The van der Waals surface area contributed by atoms with Crippen LogP contribution < -0.4 is 23.8 Å². The second-order valence-corrected chi connectivity index (χ2v) is 11.4. The smallest absolute Gasteiger partial charge is 0.264 e. The first-order valence-electron chi connectivity index (χ1n) is 13.7. The second kappa shape index (κ2) is 15.1. The molecule has 226 valence electrons. The number of nitrogens with zero attached hydrogens (tertiary/aromatic N) is 2. The maximum Gasteiger partial charge on any atom is 0.264 e. The first-order chi connectivity index (χ1) is 20.2. The summed E-state index contributed by atoms with van der Waals surface area (Å²) in [6.45, 7) is 3.63. The summed E-state index contributed by atoms with van der Waals surface area (Å²) < 4.78 is 45.0. The van der Waals surface area contributed by atoms with Gasteiger partial charge in [-0.3, -0.25) is 13.9 Å². The van der Waals surface area contributed by atoms with E-state index >= 15 is 0 Å². The van der Waals surface area contributed by atoms with Gasteiger partial charge in [0.1, 0.15) is 29.8 Å². The number of para-hydroxylation sites is 2. The summed E-state index contributed by atoms with van der Waals surface area (Å²) >= 11 is 0. The molecule has 0 aromatic heterocycles. The predicted molar refractivity (Wildman–Crippen MR) is 161 cm³/mol. The van der Waals surface area contributed by atoms with Gasteiger partial charge in [-0.2, -0.15) is 0 Å². The fraction of sp³-hybridized carbons (Fsp3) is 0.355. The largest absolute Gasteiger partial charge is 0.497 e. The van der Waals surface area contributed by atoms with Crippen LogP contribution in [-0.4, -0.2) is 65.6 Å². The van der Waals surface area contributed by atoms with Crippen LogP contribution in [0.4, 0.5) is 5.69 Å². The van der Waals surface area contributed by atoms with E-state index in [2.05, 4.69) is 5.32 Å². The van der Waals surface area contributed by atoms with Crippen LogP contribution in [0.1, 0.15) is 32.3 Å². The number of carbonyl (C=O) groups is 2. The quantitative estimate of drug-likeness (QED) is 0.261. The average Bonchev–Trinajstić information content (AvgIpc) is 3.02. The molecule has 1 atom stereocenters. The van der Waals surface area contributed by atoms with E-state index in [4.69, 9.17) is 14.2 Å². The van der Waals surface area contributed by atoms with E-state index in [1.54, 1.807) is 62.6 Å². The van der Waals surface area contributed by atoms with E-state index in [1.165, 1.54) is 43.4 Å². The summed E-state index contributed by atoms with van der Waals surface area (Å²) in [5.41, 5.74) is 0.938. The highest BCUT2D eigenvalue weighted by Crippen LogP contribution is 2.33. The monoisotopic (exact) mass is 597 g/mol. The number of rotatable bonds is 15. The molecule has 3 aromatic carbocycles. The zero-order chi connectivity index (χ0) is 30.7. The van der Waals surface area contributed by atoms with Gasteiger partial charge in [0.05, 0.1) is 31.9 Å². The standard InChI is InChI=1S/C31H39N3O7S/c1-6-7-20-32-31(36)23(2)33(21-24-12-14-25(39-3)15-13-24)30(35)22-34(28-10-8-9-11-29(28)41-5)42(37,38)27-18-16-26(40-4)17-19-27/h8-19,23H,6-7,20-22H2,1-5H3,(H,32,36). The molecule has 3 rings (SSSR count). The predicted octanol–water partition coefficient (Wildman–Crippen LogP) is 4.24. The minimum absolute atomic E-state index is 0.0333. The van der Waals surface area contributed by atoms with Crippen LogP contribution in [0.2, 0.25) is 0 Å². The SMILES string of the molecule is CCCCNC(=O)C(C)N(Cc1ccc(OC)cc1)C(=O)CN(c1ccccc1OC)S(=O)(=O)c1ccc(OC)cc1.